The van der Waals surface area contributed by atoms with Crippen molar-refractivity contribution >= 4 is 34.7 Å². The average Bonchev–Trinajstić information content (AvgIpc) is 2.70. The number of nitrogens with zero attached hydrogens (tertiary/aromatic N) is 5. The lowest BCUT2D eigenvalue weighted by atomic mass is 10.4. The molecule has 6 nitrogen and oxygen atoms in total. The van der Waals surface area contributed by atoms with Crippen molar-refractivity contribution in [3.63, 3.8) is 0 Å². The minimum absolute atomic E-state index is 0.360. The molecule has 104 valence electrons. The number of nitrogen functional groups attached to an aromatic ring is 1. The molecule has 0 saturated heterocycles. The van der Waals surface area contributed by atoms with Gasteiger partial charge in [0.1, 0.15) is 11.0 Å². The van der Waals surface area contributed by atoms with Crippen LogP contribution in [-0.4, -0.2) is 24.8 Å². The van der Waals surface area contributed by atoms with E-state index in [0.29, 0.717) is 16.1 Å². The summed E-state index contributed by atoms with van der Waals surface area (Å²) in [6.45, 7) is 3.93. The first-order chi connectivity index (χ1) is 9.47. The van der Waals surface area contributed by atoms with Crippen LogP contribution in [0.25, 0.3) is 5.65 Å². The molecule has 0 bridgehead atoms. The van der Waals surface area contributed by atoms with Crippen molar-refractivity contribution in [3.8, 4) is 0 Å². The Morgan fingerprint density at radius 2 is 1.70 bits per heavy atom. The zero-order valence-corrected chi connectivity index (χ0v) is 12.4. The quantitative estimate of drug-likeness (QED) is 0.690. The molecule has 0 saturated carbocycles. The molecule has 3 rings (SSSR count). The largest absolute Gasteiger partial charge is 0.382 e. The van der Waals surface area contributed by atoms with E-state index < -0.39 is 0 Å². The standard InChI is InChI=1S/C8H8ClN3.C4H4ClN3/c1-5-6(2)12-8(10-5)4-3-7(9)11-12;5-3-1-2-4(6)8-7-3/h3-4H,1-2H3;1-2H,(H2,6,8). The number of aryl methyl sites for hydroxylation is 2. The van der Waals surface area contributed by atoms with E-state index in [1.165, 1.54) is 0 Å². The van der Waals surface area contributed by atoms with Gasteiger partial charge in [0.05, 0.1) is 11.4 Å². The summed E-state index contributed by atoms with van der Waals surface area (Å²) in [5, 5.41) is 11.9. The van der Waals surface area contributed by atoms with Gasteiger partial charge in [0.25, 0.3) is 0 Å². The first-order valence-electron chi connectivity index (χ1n) is 5.70. The number of hydrogen-bond acceptors (Lipinski definition) is 5. The predicted molar refractivity (Wildman–Crippen MR) is 78.9 cm³/mol. The Morgan fingerprint density at radius 3 is 2.30 bits per heavy atom. The molecular formula is C12H12Cl2N6. The highest BCUT2D eigenvalue weighted by Crippen LogP contribution is 2.11. The molecule has 0 atom stereocenters. The maximum atomic E-state index is 5.74. The van der Waals surface area contributed by atoms with E-state index in [0.717, 1.165) is 17.0 Å². The van der Waals surface area contributed by atoms with Crippen molar-refractivity contribution in [2.24, 2.45) is 0 Å². The molecule has 0 aromatic carbocycles. The molecule has 2 N–H and O–H groups in total. The number of halogens is 2. The summed E-state index contributed by atoms with van der Waals surface area (Å²) >= 11 is 11.1. The third kappa shape index (κ3) is 3.34. The second-order valence-corrected chi connectivity index (χ2v) is 4.76. The summed E-state index contributed by atoms with van der Waals surface area (Å²) in [5.41, 5.74) is 8.06. The number of imidazole rings is 1. The van der Waals surface area contributed by atoms with E-state index in [2.05, 4.69) is 20.3 Å². The molecule has 0 radical (unpaired) electrons. The van der Waals surface area contributed by atoms with E-state index in [9.17, 15) is 0 Å². The number of hydrogen-bond donors (Lipinski definition) is 1. The monoisotopic (exact) mass is 310 g/mol. The van der Waals surface area contributed by atoms with Gasteiger partial charge in [-0.25, -0.2) is 9.50 Å². The summed E-state index contributed by atoms with van der Waals surface area (Å²) in [4.78, 5) is 4.30. The van der Waals surface area contributed by atoms with Crippen LogP contribution in [0.3, 0.4) is 0 Å². The molecule has 0 fully saturated rings. The van der Waals surface area contributed by atoms with Crippen LogP contribution >= 0.6 is 23.2 Å². The number of aromatic nitrogens is 5. The lowest BCUT2D eigenvalue weighted by Crippen LogP contribution is -1.93. The van der Waals surface area contributed by atoms with Gasteiger partial charge in [0, 0.05) is 0 Å². The Bertz CT molecular complexity index is 702. The molecule has 3 heterocycles. The molecule has 0 aliphatic rings. The van der Waals surface area contributed by atoms with Crippen LogP contribution in [-0.2, 0) is 0 Å². The second kappa shape index (κ2) is 6.02. The van der Waals surface area contributed by atoms with Crippen molar-refractivity contribution < 1.29 is 0 Å². The maximum absolute atomic E-state index is 5.74. The van der Waals surface area contributed by atoms with Gasteiger partial charge in [-0.1, -0.05) is 23.2 Å². The molecule has 0 unspecified atom stereocenters. The van der Waals surface area contributed by atoms with Gasteiger partial charge in [0.2, 0.25) is 0 Å². The summed E-state index contributed by atoms with van der Waals surface area (Å²) < 4.78 is 1.75. The van der Waals surface area contributed by atoms with Crippen LogP contribution in [0.5, 0.6) is 0 Å². The highest BCUT2D eigenvalue weighted by atomic mass is 35.5. The SMILES string of the molecule is Cc1nc2ccc(Cl)nn2c1C.Nc1ccc(Cl)nn1. The van der Waals surface area contributed by atoms with Crippen molar-refractivity contribution in [2.75, 3.05) is 5.73 Å². The molecule has 3 aromatic rings. The number of fused-ring (bicyclic) bond motifs is 1. The Morgan fingerprint density at radius 1 is 1.00 bits per heavy atom. The molecule has 0 amide bonds. The van der Waals surface area contributed by atoms with Crippen molar-refractivity contribution in [2.45, 2.75) is 13.8 Å². The van der Waals surface area contributed by atoms with E-state index in [1.807, 2.05) is 19.9 Å². The first kappa shape index (κ1) is 14.5. The Hall–Kier alpha value is -1.92. The van der Waals surface area contributed by atoms with Gasteiger partial charge >= 0.3 is 0 Å². The topological polar surface area (TPSA) is 82.0 Å². The minimum Gasteiger partial charge on any atom is -0.382 e. The molecule has 20 heavy (non-hydrogen) atoms. The highest BCUT2D eigenvalue weighted by Gasteiger charge is 2.04. The van der Waals surface area contributed by atoms with Gasteiger partial charge in [-0.3, -0.25) is 0 Å². The summed E-state index contributed by atoms with van der Waals surface area (Å²) in [7, 11) is 0. The molecule has 0 aliphatic carbocycles. The van der Waals surface area contributed by atoms with Crippen molar-refractivity contribution in [1.29, 1.82) is 0 Å². The summed E-state index contributed by atoms with van der Waals surface area (Å²) in [6, 6.07) is 6.78. The van der Waals surface area contributed by atoms with Crippen LogP contribution in [0.15, 0.2) is 24.3 Å². The summed E-state index contributed by atoms with van der Waals surface area (Å²) in [6.07, 6.45) is 0. The zero-order chi connectivity index (χ0) is 14.7. The van der Waals surface area contributed by atoms with Crippen LogP contribution in [0.4, 0.5) is 5.82 Å². The molecular weight excluding hydrogens is 299 g/mol. The average molecular weight is 311 g/mol. The van der Waals surface area contributed by atoms with Crippen LogP contribution < -0.4 is 5.73 Å². The molecule has 0 spiro atoms. The normalized spacial score (nSPS) is 10.2. The fourth-order valence-corrected chi connectivity index (χ4v) is 1.70. The van der Waals surface area contributed by atoms with E-state index in [1.54, 1.807) is 22.7 Å². The smallest absolute Gasteiger partial charge is 0.154 e. The first-order valence-corrected chi connectivity index (χ1v) is 6.46. The predicted octanol–water partition coefficient (Wildman–Crippen LogP) is 2.71. The Kier molecular flexibility index (Phi) is 4.36. The third-order valence-electron chi connectivity index (χ3n) is 2.56. The van der Waals surface area contributed by atoms with Crippen LogP contribution in [0.1, 0.15) is 11.4 Å². The summed E-state index contributed by atoms with van der Waals surface area (Å²) in [5.74, 6) is 0.384. The van der Waals surface area contributed by atoms with Crippen LogP contribution in [0.2, 0.25) is 10.3 Å². The third-order valence-corrected chi connectivity index (χ3v) is 2.96. The lowest BCUT2D eigenvalue weighted by molar-refractivity contribution is 0.896. The lowest BCUT2D eigenvalue weighted by Gasteiger charge is -1.94. The maximum Gasteiger partial charge on any atom is 0.154 e. The number of rotatable bonds is 0. The molecule has 3 aromatic heterocycles. The van der Waals surface area contributed by atoms with E-state index in [-0.39, 0.29) is 0 Å². The van der Waals surface area contributed by atoms with E-state index >= 15 is 0 Å². The van der Waals surface area contributed by atoms with Gasteiger partial charge in [0.15, 0.2) is 10.8 Å². The van der Waals surface area contributed by atoms with Crippen molar-refractivity contribution in [3.05, 3.63) is 46.0 Å². The number of anilines is 1. The van der Waals surface area contributed by atoms with Gasteiger partial charge in [-0.05, 0) is 38.1 Å². The van der Waals surface area contributed by atoms with Gasteiger partial charge in [-0.2, -0.15) is 5.10 Å². The van der Waals surface area contributed by atoms with Gasteiger partial charge in [-0.15, -0.1) is 10.2 Å². The number of nitrogens with two attached hydrogens (primary N) is 1. The molecule has 8 heteroatoms. The Labute approximate surface area is 125 Å². The molecule has 0 aliphatic heterocycles. The van der Waals surface area contributed by atoms with Crippen molar-refractivity contribution in [1.82, 2.24) is 24.8 Å². The Balaban J connectivity index is 0.000000160. The zero-order valence-electron chi connectivity index (χ0n) is 10.9. The highest BCUT2D eigenvalue weighted by molar-refractivity contribution is 6.29. The van der Waals surface area contributed by atoms with Gasteiger partial charge < -0.3 is 5.73 Å². The minimum atomic E-state index is 0.360. The fourth-order valence-electron chi connectivity index (χ4n) is 1.46. The van der Waals surface area contributed by atoms with Crippen LogP contribution in [0, 0.1) is 13.8 Å². The van der Waals surface area contributed by atoms with E-state index in [4.69, 9.17) is 28.9 Å². The second-order valence-electron chi connectivity index (χ2n) is 3.99. The fraction of sp³-hybridized carbons (Fsp3) is 0.167.